The van der Waals surface area contributed by atoms with Crippen LogP contribution in [0, 0.1) is 0 Å². The van der Waals surface area contributed by atoms with Gasteiger partial charge in [-0.1, -0.05) is 13.8 Å². The van der Waals surface area contributed by atoms with Gasteiger partial charge in [-0.3, -0.25) is 0 Å². The lowest BCUT2D eigenvalue weighted by Gasteiger charge is -2.15. The minimum Gasteiger partial charge on any atom is -0.452 e. The highest BCUT2D eigenvalue weighted by molar-refractivity contribution is 9.10. The van der Waals surface area contributed by atoms with Gasteiger partial charge in [-0.15, -0.1) is 0 Å². The van der Waals surface area contributed by atoms with Crippen molar-refractivity contribution in [2.45, 2.75) is 31.3 Å². The Kier molecular flexibility index (Phi) is 6.67. The van der Waals surface area contributed by atoms with Crippen LogP contribution in [0.1, 0.15) is 19.6 Å². The monoisotopic (exact) mass is 368 g/mol. The van der Waals surface area contributed by atoms with Crippen molar-refractivity contribution in [3.8, 4) is 0 Å². The summed E-state index contributed by atoms with van der Waals surface area (Å²) in [6.07, 6.45) is 0. The standard InChI is InChI=1S/C12H21BrN2O4S/c1-9(2)14-8-10-7-11(12(13)19-10)20(16,17)15(3)5-6-18-4/h7,9,14H,5-6,8H2,1-4H3. The largest absolute Gasteiger partial charge is 0.452 e. The maximum absolute atomic E-state index is 12.4. The van der Waals surface area contributed by atoms with E-state index in [-0.39, 0.29) is 16.1 Å². The molecule has 0 saturated carbocycles. The number of nitrogens with zero attached hydrogens (tertiary/aromatic N) is 1. The van der Waals surface area contributed by atoms with Gasteiger partial charge in [0, 0.05) is 32.8 Å². The predicted molar refractivity (Wildman–Crippen MR) is 80.1 cm³/mol. The predicted octanol–water partition coefficient (Wildman–Crippen LogP) is 1.81. The first kappa shape index (κ1) is 17.6. The van der Waals surface area contributed by atoms with E-state index in [0.29, 0.717) is 25.0 Å². The molecule has 6 nitrogen and oxygen atoms in total. The van der Waals surface area contributed by atoms with Crippen LogP contribution in [0.4, 0.5) is 0 Å². The summed E-state index contributed by atoms with van der Waals surface area (Å²) in [7, 11) is -0.529. The molecule has 0 amide bonds. The summed E-state index contributed by atoms with van der Waals surface area (Å²) in [5.74, 6) is 0.573. The van der Waals surface area contributed by atoms with E-state index in [9.17, 15) is 8.42 Å². The molecule has 0 aliphatic heterocycles. The Hall–Kier alpha value is -0.410. The normalized spacial score (nSPS) is 12.6. The highest BCUT2D eigenvalue weighted by Gasteiger charge is 2.26. The van der Waals surface area contributed by atoms with E-state index in [4.69, 9.17) is 9.15 Å². The number of methoxy groups -OCH3 is 1. The van der Waals surface area contributed by atoms with Crippen molar-refractivity contribution < 1.29 is 17.6 Å². The van der Waals surface area contributed by atoms with E-state index in [1.165, 1.54) is 24.5 Å². The highest BCUT2D eigenvalue weighted by atomic mass is 79.9. The fourth-order valence-corrected chi connectivity index (χ4v) is 3.58. The summed E-state index contributed by atoms with van der Waals surface area (Å²) in [6, 6.07) is 1.83. The van der Waals surface area contributed by atoms with Crippen LogP contribution in [-0.4, -0.2) is 46.1 Å². The fourth-order valence-electron chi connectivity index (χ4n) is 1.47. The van der Waals surface area contributed by atoms with E-state index in [2.05, 4.69) is 21.2 Å². The van der Waals surface area contributed by atoms with Crippen LogP contribution in [0.25, 0.3) is 0 Å². The lowest BCUT2D eigenvalue weighted by molar-refractivity contribution is 0.185. The summed E-state index contributed by atoms with van der Waals surface area (Å²) >= 11 is 3.16. The van der Waals surface area contributed by atoms with Crippen LogP contribution < -0.4 is 5.32 Å². The number of hydrogen-bond donors (Lipinski definition) is 1. The summed E-state index contributed by atoms with van der Waals surface area (Å²) in [6.45, 7) is 5.12. The van der Waals surface area contributed by atoms with Crippen LogP contribution in [0.15, 0.2) is 20.0 Å². The molecule has 20 heavy (non-hydrogen) atoms. The molecular weight excluding hydrogens is 348 g/mol. The van der Waals surface area contributed by atoms with Gasteiger partial charge in [0.15, 0.2) is 4.67 Å². The van der Waals surface area contributed by atoms with E-state index < -0.39 is 10.0 Å². The summed E-state index contributed by atoms with van der Waals surface area (Å²) in [4.78, 5) is 0.136. The van der Waals surface area contributed by atoms with Crippen LogP contribution in [0.5, 0.6) is 0 Å². The minimum absolute atomic E-state index is 0.136. The number of sulfonamides is 1. The van der Waals surface area contributed by atoms with Gasteiger partial charge in [-0.05, 0) is 15.9 Å². The quantitative estimate of drug-likeness (QED) is 0.757. The molecule has 0 bridgehead atoms. The molecule has 0 aliphatic carbocycles. The number of likely N-dealkylation sites (N-methyl/N-ethyl adjacent to an activating group) is 1. The number of ether oxygens (including phenoxy) is 1. The second-order valence-corrected chi connectivity index (χ2v) is 7.44. The first-order valence-corrected chi connectivity index (χ1v) is 8.49. The zero-order valence-electron chi connectivity index (χ0n) is 12.1. The number of hydrogen-bond acceptors (Lipinski definition) is 5. The van der Waals surface area contributed by atoms with Gasteiger partial charge in [-0.2, -0.15) is 4.31 Å². The number of furan rings is 1. The number of rotatable bonds is 8. The average Bonchev–Trinajstić information content (AvgIpc) is 2.75. The second kappa shape index (κ2) is 7.56. The Balaban J connectivity index is 2.89. The molecule has 0 saturated heterocycles. The van der Waals surface area contributed by atoms with Crippen molar-refractivity contribution >= 4 is 26.0 Å². The molecule has 1 aromatic heterocycles. The smallest absolute Gasteiger partial charge is 0.247 e. The molecule has 0 unspecified atom stereocenters. The van der Waals surface area contributed by atoms with Gasteiger partial charge < -0.3 is 14.5 Å². The molecule has 0 spiro atoms. The molecule has 0 fully saturated rings. The molecule has 1 aromatic rings. The summed E-state index contributed by atoms with van der Waals surface area (Å²) in [5.41, 5.74) is 0. The molecule has 116 valence electrons. The third-order valence-corrected chi connectivity index (χ3v) is 5.40. The number of halogens is 1. The topological polar surface area (TPSA) is 71.8 Å². The molecule has 0 aliphatic rings. The van der Waals surface area contributed by atoms with Gasteiger partial charge in [0.2, 0.25) is 10.0 Å². The zero-order valence-corrected chi connectivity index (χ0v) is 14.5. The van der Waals surface area contributed by atoms with E-state index >= 15 is 0 Å². The van der Waals surface area contributed by atoms with Crippen LogP contribution in [0.2, 0.25) is 0 Å². The third kappa shape index (κ3) is 4.56. The highest BCUT2D eigenvalue weighted by Crippen LogP contribution is 2.28. The van der Waals surface area contributed by atoms with Crippen molar-refractivity contribution in [2.24, 2.45) is 0 Å². The molecule has 0 radical (unpaired) electrons. The lowest BCUT2D eigenvalue weighted by Crippen LogP contribution is -2.30. The first-order chi connectivity index (χ1) is 9.28. The molecule has 8 heteroatoms. The van der Waals surface area contributed by atoms with Crippen molar-refractivity contribution in [2.75, 3.05) is 27.3 Å². The van der Waals surface area contributed by atoms with Crippen molar-refractivity contribution in [3.63, 3.8) is 0 Å². The molecule has 1 N–H and O–H groups in total. The third-order valence-electron chi connectivity index (χ3n) is 2.69. The SMILES string of the molecule is COCCN(C)S(=O)(=O)c1cc(CNC(C)C)oc1Br. The summed E-state index contributed by atoms with van der Waals surface area (Å²) < 4.78 is 36.5. The molecule has 0 aromatic carbocycles. The van der Waals surface area contributed by atoms with Crippen LogP contribution >= 0.6 is 15.9 Å². The van der Waals surface area contributed by atoms with Crippen molar-refractivity contribution in [3.05, 3.63) is 16.5 Å². The second-order valence-electron chi connectivity index (χ2n) is 4.71. The fraction of sp³-hybridized carbons (Fsp3) is 0.667. The maximum atomic E-state index is 12.4. The molecule has 1 rings (SSSR count). The minimum atomic E-state index is -3.57. The first-order valence-electron chi connectivity index (χ1n) is 6.26. The summed E-state index contributed by atoms with van der Waals surface area (Å²) in [5, 5.41) is 3.17. The Labute approximate surface area is 128 Å². The maximum Gasteiger partial charge on any atom is 0.247 e. The van der Waals surface area contributed by atoms with Gasteiger partial charge in [0.05, 0.1) is 13.2 Å². The van der Waals surface area contributed by atoms with Crippen molar-refractivity contribution in [1.29, 1.82) is 0 Å². The Morgan fingerprint density at radius 3 is 2.70 bits per heavy atom. The van der Waals surface area contributed by atoms with E-state index in [0.717, 1.165) is 0 Å². The molecule has 0 atom stereocenters. The number of nitrogens with one attached hydrogen (secondary N) is 1. The average molecular weight is 369 g/mol. The Morgan fingerprint density at radius 1 is 1.50 bits per heavy atom. The van der Waals surface area contributed by atoms with Gasteiger partial charge in [0.25, 0.3) is 0 Å². The van der Waals surface area contributed by atoms with E-state index in [1.54, 1.807) is 0 Å². The Morgan fingerprint density at radius 2 is 2.15 bits per heavy atom. The van der Waals surface area contributed by atoms with Crippen LogP contribution in [0.3, 0.4) is 0 Å². The molecular formula is C12H21BrN2O4S. The van der Waals surface area contributed by atoms with Gasteiger partial charge in [0.1, 0.15) is 10.7 Å². The van der Waals surface area contributed by atoms with Crippen LogP contribution in [-0.2, 0) is 21.3 Å². The van der Waals surface area contributed by atoms with Gasteiger partial charge in [-0.25, -0.2) is 8.42 Å². The lowest BCUT2D eigenvalue weighted by atomic mass is 10.3. The molecule has 1 heterocycles. The van der Waals surface area contributed by atoms with E-state index in [1.807, 2.05) is 13.8 Å². The zero-order chi connectivity index (χ0) is 15.3. The Bertz CT molecular complexity index is 528. The van der Waals surface area contributed by atoms with Gasteiger partial charge >= 0.3 is 0 Å². The van der Waals surface area contributed by atoms with Crippen molar-refractivity contribution in [1.82, 2.24) is 9.62 Å².